The first-order valence-electron chi connectivity index (χ1n) is 4.73. The van der Waals surface area contributed by atoms with Crippen molar-refractivity contribution < 1.29 is 9.90 Å². The van der Waals surface area contributed by atoms with Crippen LogP contribution in [0.5, 0.6) is 0 Å². The van der Waals surface area contributed by atoms with Crippen molar-refractivity contribution in [3.8, 4) is 0 Å². The van der Waals surface area contributed by atoms with Gasteiger partial charge in [0, 0.05) is 12.5 Å². The predicted octanol–water partition coefficient (Wildman–Crippen LogP) is 0.000900. The molecule has 0 fully saturated rings. The highest BCUT2D eigenvalue weighted by Gasteiger charge is 2.08. The summed E-state index contributed by atoms with van der Waals surface area (Å²) in [6.07, 6.45) is 1.41. The predicted molar refractivity (Wildman–Crippen MR) is 52.2 cm³/mol. The van der Waals surface area contributed by atoms with Crippen LogP contribution in [0.1, 0.15) is 33.1 Å². The van der Waals surface area contributed by atoms with Gasteiger partial charge in [-0.15, -0.1) is 0 Å². The Kier molecular flexibility index (Phi) is 6.54. The van der Waals surface area contributed by atoms with Gasteiger partial charge in [-0.3, -0.25) is 4.79 Å². The fraction of sp³-hybridized carbons (Fsp3) is 0.889. The van der Waals surface area contributed by atoms with Crippen LogP contribution in [0.15, 0.2) is 0 Å². The minimum atomic E-state index is -0.371. The highest BCUT2D eigenvalue weighted by atomic mass is 16.3. The molecule has 4 nitrogen and oxygen atoms in total. The van der Waals surface area contributed by atoms with E-state index in [2.05, 4.69) is 5.32 Å². The summed E-state index contributed by atoms with van der Waals surface area (Å²) in [6, 6.07) is 0.0327. The number of hydrogen-bond donors (Lipinski definition) is 3. The number of amides is 1. The Bertz CT molecular complexity index is 149. The normalized spacial score (nSPS) is 15.1. The summed E-state index contributed by atoms with van der Waals surface area (Å²) in [5, 5.41) is 11.8. The van der Waals surface area contributed by atoms with Crippen LogP contribution < -0.4 is 11.1 Å². The van der Waals surface area contributed by atoms with Gasteiger partial charge in [-0.05, 0) is 33.2 Å². The first kappa shape index (κ1) is 12.4. The van der Waals surface area contributed by atoms with E-state index in [1.165, 1.54) is 0 Å². The first-order chi connectivity index (χ1) is 6.06. The standard InChI is InChI=1S/C9H20N2O2/c1-7(6-8(2)12)11-9(13)4-3-5-10/h7-8,12H,3-6,10H2,1-2H3,(H,11,13). The van der Waals surface area contributed by atoms with Gasteiger partial charge in [0.15, 0.2) is 0 Å². The number of hydrogen-bond acceptors (Lipinski definition) is 3. The van der Waals surface area contributed by atoms with Gasteiger partial charge in [-0.1, -0.05) is 0 Å². The van der Waals surface area contributed by atoms with E-state index in [1.54, 1.807) is 6.92 Å². The van der Waals surface area contributed by atoms with Crippen LogP contribution in [0.25, 0.3) is 0 Å². The Labute approximate surface area is 79.5 Å². The molecule has 0 saturated heterocycles. The van der Waals surface area contributed by atoms with E-state index in [0.717, 1.165) is 0 Å². The van der Waals surface area contributed by atoms with Crippen LogP contribution in [0.2, 0.25) is 0 Å². The van der Waals surface area contributed by atoms with Gasteiger partial charge in [0.25, 0.3) is 0 Å². The molecular formula is C9H20N2O2. The van der Waals surface area contributed by atoms with Crippen LogP contribution in [-0.4, -0.2) is 29.7 Å². The molecule has 78 valence electrons. The number of nitrogens with one attached hydrogen (secondary N) is 1. The summed E-state index contributed by atoms with van der Waals surface area (Å²) in [7, 11) is 0. The van der Waals surface area contributed by atoms with Crippen LogP contribution in [0, 0.1) is 0 Å². The average Bonchev–Trinajstić information content (AvgIpc) is 1.98. The minimum Gasteiger partial charge on any atom is -0.393 e. The molecule has 0 aliphatic heterocycles. The maximum Gasteiger partial charge on any atom is 0.220 e. The second-order valence-corrected chi connectivity index (χ2v) is 3.45. The lowest BCUT2D eigenvalue weighted by molar-refractivity contribution is -0.121. The SMILES string of the molecule is CC(O)CC(C)NC(=O)CCCN. The fourth-order valence-corrected chi connectivity index (χ4v) is 1.18. The second kappa shape index (κ2) is 6.86. The molecule has 0 bridgehead atoms. The number of carbonyl (C=O) groups is 1. The molecule has 0 aliphatic rings. The molecule has 4 heteroatoms. The molecular weight excluding hydrogens is 168 g/mol. The smallest absolute Gasteiger partial charge is 0.220 e. The summed E-state index contributed by atoms with van der Waals surface area (Å²) < 4.78 is 0. The topological polar surface area (TPSA) is 75.3 Å². The van der Waals surface area contributed by atoms with Crippen molar-refractivity contribution in [3.63, 3.8) is 0 Å². The lowest BCUT2D eigenvalue weighted by Crippen LogP contribution is -2.34. The number of nitrogens with two attached hydrogens (primary N) is 1. The number of aliphatic hydroxyl groups is 1. The Morgan fingerprint density at radius 3 is 2.62 bits per heavy atom. The van der Waals surface area contributed by atoms with Gasteiger partial charge in [0.05, 0.1) is 6.10 Å². The molecule has 2 atom stereocenters. The summed E-state index contributed by atoms with van der Waals surface area (Å²) >= 11 is 0. The molecule has 0 aromatic heterocycles. The quantitative estimate of drug-likeness (QED) is 0.549. The molecule has 13 heavy (non-hydrogen) atoms. The number of carbonyl (C=O) groups excluding carboxylic acids is 1. The molecule has 1 amide bonds. The third-order valence-electron chi connectivity index (χ3n) is 1.71. The summed E-state index contributed by atoms with van der Waals surface area (Å²) in [5.41, 5.74) is 5.27. The molecule has 0 aromatic carbocycles. The second-order valence-electron chi connectivity index (χ2n) is 3.45. The van der Waals surface area contributed by atoms with Gasteiger partial charge >= 0.3 is 0 Å². The molecule has 0 heterocycles. The van der Waals surface area contributed by atoms with E-state index in [1.807, 2.05) is 6.92 Å². The molecule has 0 aromatic rings. The zero-order chi connectivity index (χ0) is 10.3. The van der Waals surface area contributed by atoms with Gasteiger partial charge in [-0.2, -0.15) is 0 Å². The molecule has 4 N–H and O–H groups in total. The highest BCUT2D eigenvalue weighted by molar-refractivity contribution is 5.76. The van der Waals surface area contributed by atoms with Crippen molar-refractivity contribution in [3.05, 3.63) is 0 Å². The van der Waals surface area contributed by atoms with Gasteiger partial charge < -0.3 is 16.2 Å². The van der Waals surface area contributed by atoms with E-state index >= 15 is 0 Å². The maximum atomic E-state index is 11.1. The van der Waals surface area contributed by atoms with Crippen LogP contribution in [0.3, 0.4) is 0 Å². The van der Waals surface area contributed by atoms with Crippen molar-refractivity contribution in [1.82, 2.24) is 5.32 Å². The van der Waals surface area contributed by atoms with Crippen molar-refractivity contribution >= 4 is 5.91 Å². The Morgan fingerprint density at radius 2 is 2.15 bits per heavy atom. The van der Waals surface area contributed by atoms with Crippen LogP contribution >= 0.6 is 0 Å². The average molecular weight is 188 g/mol. The Hall–Kier alpha value is -0.610. The molecule has 2 unspecified atom stereocenters. The van der Waals surface area contributed by atoms with E-state index in [0.29, 0.717) is 25.8 Å². The van der Waals surface area contributed by atoms with Crippen molar-refractivity contribution in [2.24, 2.45) is 5.73 Å². The van der Waals surface area contributed by atoms with Gasteiger partial charge in [0.2, 0.25) is 5.91 Å². The minimum absolute atomic E-state index is 0.0126. The first-order valence-corrected chi connectivity index (χ1v) is 4.73. The molecule has 0 radical (unpaired) electrons. The van der Waals surface area contributed by atoms with Crippen LogP contribution in [0.4, 0.5) is 0 Å². The zero-order valence-electron chi connectivity index (χ0n) is 8.42. The van der Waals surface area contributed by atoms with Crippen molar-refractivity contribution in [2.45, 2.75) is 45.3 Å². The lowest BCUT2D eigenvalue weighted by Gasteiger charge is -2.15. The molecule has 0 aliphatic carbocycles. The maximum absolute atomic E-state index is 11.1. The monoisotopic (exact) mass is 188 g/mol. The summed E-state index contributed by atoms with van der Waals surface area (Å²) in [6.45, 7) is 4.13. The Morgan fingerprint density at radius 1 is 1.54 bits per heavy atom. The van der Waals surface area contributed by atoms with E-state index in [4.69, 9.17) is 10.8 Å². The van der Waals surface area contributed by atoms with E-state index in [-0.39, 0.29) is 18.1 Å². The molecule has 0 rings (SSSR count). The largest absolute Gasteiger partial charge is 0.393 e. The Balaban J connectivity index is 3.53. The lowest BCUT2D eigenvalue weighted by atomic mass is 10.1. The zero-order valence-corrected chi connectivity index (χ0v) is 8.42. The molecule has 0 saturated carbocycles. The number of aliphatic hydroxyl groups excluding tert-OH is 1. The van der Waals surface area contributed by atoms with E-state index in [9.17, 15) is 4.79 Å². The highest BCUT2D eigenvalue weighted by Crippen LogP contribution is 1.97. The number of rotatable bonds is 6. The third-order valence-corrected chi connectivity index (χ3v) is 1.71. The van der Waals surface area contributed by atoms with Gasteiger partial charge in [-0.25, -0.2) is 0 Å². The fourth-order valence-electron chi connectivity index (χ4n) is 1.18. The van der Waals surface area contributed by atoms with Crippen molar-refractivity contribution in [1.29, 1.82) is 0 Å². The molecule has 0 spiro atoms. The van der Waals surface area contributed by atoms with Crippen LogP contribution in [-0.2, 0) is 4.79 Å². The third kappa shape index (κ3) is 7.74. The van der Waals surface area contributed by atoms with Gasteiger partial charge in [0.1, 0.15) is 0 Å². The summed E-state index contributed by atoms with van der Waals surface area (Å²) in [4.78, 5) is 11.1. The van der Waals surface area contributed by atoms with Crippen molar-refractivity contribution in [2.75, 3.05) is 6.54 Å². The van der Waals surface area contributed by atoms with E-state index < -0.39 is 0 Å². The summed E-state index contributed by atoms with van der Waals surface area (Å²) in [5.74, 6) is 0.0126.